The fraction of sp³-hybridized carbons (Fsp3) is 0.364. The third kappa shape index (κ3) is 1.56. The Morgan fingerprint density at radius 3 is 3.14 bits per heavy atom. The Bertz CT molecular complexity index is 408. The third-order valence-corrected chi connectivity index (χ3v) is 2.57. The number of nitriles is 1. The predicted octanol–water partition coefficient (Wildman–Crippen LogP) is 2.73. The van der Waals surface area contributed by atoms with E-state index in [-0.39, 0.29) is 6.10 Å². The standard InChI is InChI=1S/C11H10ClNO/c1-7-4-9-5-8(2-3-13)6-10(12)11(9)14-7/h5-7H,2,4H2,1H3. The van der Waals surface area contributed by atoms with Crippen molar-refractivity contribution in [3.8, 4) is 11.8 Å². The molecule has 0 radical (unpaired) electrons. The smallest absolute Gasteiger partial charge is 0.141 e. The summed E-state index contributed by atoms with van der Waals surface area (Å²) in [5, 5.41) is 9.21. The van der Waals surface area contributed by atoms with Gasteiger partial charge in [0.1, 0.15) is 11.9 Å². The Balaban J connectivity index is 2.42. The lowest BCUT2D eigenvalue weighted by molar-refractivity contribution is 0.255. The molecule has 14 heavy (non-hydrogen) atoms. The fourth-order valence-electron chi connectivity index (χ4n) is 1.74. The Kier molecular flexibility index (Phi) is 2.35. The Morgan fingerprint density at radius 1 is 1.64 bits per heavy atom. The van der Waals surface area contributed by atoms with Gasteiger partial charge in [0.05, 0.1) is 17.5 Å². The Labute approximate surface area is 88.1 Å². The summed E-state index contributed by atoms with van der Waals surface area (Å²) in [6.07, 6.45) is 1.48. The van der Waals surface area contributed by atoms with Gasteiger partial charge in [0.15, 0.2) is 0 Å². The Morgan fingerprint density at radius 2 is 2.43 bits per heavy atom. The van der Waals surface area contributed by atoms with Crippen LogP contribution >= 0.6 is 11.6 Å². The highest BCUT2D eigenvalue weighted by Gasteiger charge is 2.22. The van der Waals surface area contributed by atoms with Gasteiger partial charge in [-0.15, -0.1) is 0 Å². The second kappa shape index (κ2) is 3.51. The van der Waals surface area contributed by atoms with E-state index in [0.717, 1.165) is 23.3 Å². The number of benzene rings is 1. The van der Waals surface area contributed by atoms with Gasteiger partial charge in [0.2, 0.25) is 0 Å². The van der Waals surface area contributed by atoms with Crippen molar-refractivity contribution < 1.29 is 4.74 Å². The second-order valence-corrected chi connectivity index (χ2v) is 3.94. The fourth-order valence-corrected chi connectivity index (χ4v) is 2.05. The molecule has 1 aromatic rings. The molecule has 0 saturated heterocycles. The zero-order valence-electron chi connectivity index (χ0n) is 7.88. The van der Waals surface area contributed by atoms with Crippen molar-refractivity contribution in [1.82, 2.24) is 0 Å². The van der Waals surface area contributed by atoms with E-state index < -0.39 is 0 Å². The molecule has 3 heteroatoms. The molecule has 2 rings (SSSR count). The molecule has 0 amide bonds. The molecule has 0 aromatic heterocycles. The molecule has 0 bridgehead atoms. The predicted molar refractivity (Wildman–Crippen MR) is 54.6 cm³/mol. The molecule has 0 saturated carbocycles. The number of rotatable bonds is 1. The van der Waals surface area contributed by atoms with Crippen LogP contribution in [0.25, 0.3) is 0 Å². The van der Waals surface area contributed by atoms with Crippen LogP contribution < -0.4 is 4.74 Å². The first kappa shape index (κ1) is 9.36. The van der Waals surface area contributed by atoms with Crippen molar-refractivity contribution in [3.05, 3.63) is 28.3 Å². The molecular formula is C11H10ClNO. The summed E-state index contributed by atoms with van der Waals surface area (Å²) in [4.78, 5) is 0. The van der Waals surface area contributed by atoms with E-state index in [1.165, 1.54) is 0 Å². The van der Waals surface area contributed by atoms with Gasteiger partial charge in [-0.1, -0.05) is 17.7 Å². The van der Waals surface area contributed by atoms with E-state index in [0.29, 0.717) is 11.4 Å². The number of hydrogen-bond donors (Lipinski definition) is 0. The van der Waals surface area contributed by atoms with Gasteiger partial charge < -0.3 is 4.74 Å². The SMILES string of the molecule is CC1Cc2cc(CC#N)cc(Cl)c2O1. The highest BCUT2D eigenvalue weighted by atomic mass is 35.5. The van der Waals surface area contributed by atoms with Gasteiger partial charge >= 0.3 is 0 Å². The number of ether oxygens (including phenoxy) is 1. The van der Waals surface area contributed by atoms with E-state index in [2.05, 4.69) is 6.07 Å². The van der Waals surface area contributed by atoms with Crippen LogP contribution in [0.15, 0.2) is 12.1 Å². The van der Waals surface area contributed by atoms with Gasteiger partial charge in [-0.05, 0) is 24.1 Å². The average Bonchev–Trinajstić information content (AvgIpc) is 2.47. The lowest BCUT2D eigenvalue weighted by Crippen LogP contribution is -2.05. The molecule has 72 valence electrons. The third-order valence-electron chi connectivity index (χ3n) is 2.29. The molecule has 1 atom stereocenters. The summed E-state index contributed by atoms with van der Waals surface area (Å²) in [5.41, 5.74) is 2.09. The van der Waals surface area contributed by atoms with Gasteiger partial charge in [-0.25, -0.2) is 0 Å². The molecule has 1 unspecified atom stereocenters. The summed E-state index contributed by atoms with van der Waals surface area (Å²) in [7, 11) is 0. The Hall–Kier alpha value is -1.20. The molecule has 1 aromatic carbocycles. The van der Waals surface area contributed by atoms with Crippen molar-refractivity contribution in [2.75, 3.05) is 0 Å². The monoisotopic (exact) mass is 207 g/mol. The molecule has 0 N–H and O–H groups in total. The maximum Gasteiger partial charge on any atom is 0.141 e. The van der Waals surface area contributed by atoms with Crippen LogP contribution in [0.2, 0.25) is 5.02 Å². The highest BCUT2D eigenvalue weighted by Crippen LogP contribution is 2.36. The minimum atomic E-state index is 0.194. The second-order valence-electron chi connectivity index (χ2n) is 3.53. The van der Waals surface area contributed by atoms with Crippen LogP contribution in [0.1, 0.15) is 18.1 Å². The van der Waals surface area contributed by atoms with Crippen molar-refractivity contribution >= 4 is 11.6 Å². The number of hydrogen-bond acceptors (Lipinski definition) is 2. The van der Waals surface area contributed by atoms with Crippen molar-refractivity contribution in [1.29, 1.82) is 5.26 Å². The molecule has 1 heterocycles. The highest BCUT2D eigenvalue weighted by molar-refractivity contribution is 6.32. The molecule has 2 nitrogen and oxygen atoms in total. The van der Waals surface area contributed by atoms with Gasteiger partial charge in [-0.3, -0.25) is 0 Å². The van der Waals surface area contributed by atoms with Crippen LogP contribution in [0, 0.1) is 11.3 Å². The summed E-state index contributed by atoms with van der Waals surface area (Å²) in [6.45, 7) is 2.01. The van der Waals surface area contributed by atoms with Crippen molar-refractivity contribution in [2.45, 2.75) is 25.9 Å². The lowest BCUT2D eigenvalue weighted by Gasteiger charge is -2.05. The molecule has 0 aliphatic carbocycles. The molecule has 1 aliphatic rings. The summed E-state index contributed by atoms with van der Waals surface area (Å²) >= 11 is 6.04. The van der Waals surface area contributed by atoms with Crippen LogP contribution in [-0.4, -0.2) is 6.10 Å². The first-order chi connectivity index (χ1) is 6.70. The van der Waals surface area contributed by atoms with Crippen LogP contribution in [-0.2, 0) is 12.8 Å². The quantitative estimate of drug-likeness (QED) is 0.710. The summed E-state index contributed by atoms with van der Waals surface area (Å²) in [6, 6.07) is 5.93. The van der Waals surface area contributed by atoms with Gasteiger partial charge in [-0.2, -0.15) is 5.26 Å². The van der Waals surface area contributed by atoms with Gasteiger partial charge in [0, 0.05) is 6.42 Å². The van der Waals surface area contributed by atoms with Crippen molar-refractivity contribution in [2.24, 2.45) is 0 Å². The molecule has 0 fully saturated rings. The normalized spacial score (nSPS) is 18.5. The molecular weight excluding hydrogens is 198 g/mol. The minimum absolute atomic E-state index is 0.194. The largest absolute Gasteiger partial charge is 0.489 e. The van der Waals surface area contributed by atoms with Crippen LogP contribution in [0.4, 0.5) is 0 Å². The zero-order valence-corrected chi connectivity index (χ0v) is 8.64. The molecule has 1 aliphatic heterocycles. The molecule has 0 spiro atoms. The van der Waals surface area contributed by atoms with E-state index in [1.807, 2.05) is 19.1 Å². The van der Waals surface area contributed by atoms with E-state index in [9.17, 15) is 0 Å². The van der Waals surface area contributed by atoms with Crippen LogP contribution in [0.3, 0.4) is 0 Å². The maximum atomic E-state index is 8.59. The van der Waals surface area contributed by atoms with Crippen molar-refractivity contribution in [3.63, 3.8) is 0 Å². The summed E-state index contributed by atoms with van der Waals surface area (Å²) in [5.74, 6) is 0.792. The van der Waals surface area contributed by atoms with Gasteiger partial charge in [0.25, 0.3) is 0 Å². The average molecular weight is 208 g/mol. The summed E-state index contributed by atoms with van der Waals surface area (Å²) < 4.78 is 5.56. The van der Waals surface area contributed by atoms with E-state index in [4.69, 9.17) is 21.6 Å². The number of halogens is 1. The van der Waals surface area contributed by atoms with E-state index >= 15 is 0 Å². The zero-order chi connectivity index (χ0) is 10.1. The lowest BCUT2D eigenvalue weighted by atomic mass is 10.1. The van der Waals surface area contributed by atoms with Crippen LogP contribution in [0.5, 0.6) is 5.75 Å². The first-order valence-electron chi connectivity index (χ1n) is 4.55. The van der Waals surface area contributed by atoms with E-state index in [1.54, 1.807) is 0 Å². The first-order valence-corrected chi connectivity index (χ1v) is 4.93. The number of fused-ring (bicyclic) bond motifs is 1. The maximum absolute atomic E-state index is 8.59. The topological polar surface area (TPSA) is 33.0 Å². The number of nitrogens with zero attached hydrogens (tertiary/aromatic N) is 1. The minimum Gasteiger partial charge on any atom is -0.489 e.